The van der Waals surface area contributed by atoms with Crippen LogP contribution in [0, 0.1) is 34.5 Å². The normalized spacial score (nSPS) is 43.3. The van der Waals surface area contributed by atoms with E-state index in [-0.39, 0.29) is 0 Å². The smallest absolute Gasteiger partial charge is 0.0793 e. The highest BCUT2D eigenvalue weighted by Crippen LogP contribution is 2.67. The largest absolute Gasteiger partial charge is 0.374 e. The van der Waals surface area contributed by atoms with E-state index in [0.717, 1.165) is 43.2 Å². The second kappa shape index (κ2) is 9.26. The van der Waals surface area contributed by atoms with E-state index in [1.54, 1.807) is 0 Å². The summed E-state index contributed by atoms with van der Waals surface area (Å²) in [6.07, 6.45) is 18.2. The van der Waals surface area contributed by atoms with Crippen LogP contribution in [0.2, 0.25) is 0 Å². The summed E-state index contributed by atoms with van der Waals surface area (Å²) in [5.41, 5.74) is 10.4. The molecule has 0 aromatic carbocycles. The van der Waals surface area contributed by atoms with Crippen molar-refractivity contribution < 1.29 is 4.74 Å². The number of nitrogens with two attached hydrogens (primary N) is 1. The first-order chi connectivity index (χ1) is 14.5. The molecule has 2 heteroatoms. The van der Waals surface area contributed by atoms with E-state index in [2.05, 4.69) is 27.7 Å². The molecule has 0 aromatic rings. The highest BCUT2D eigenvalue weighted by atomic mass is 16.5. The Morgan fingerprint density at radius 2 is 1.90 bits per heavy atom. The molecule has 3 unspecified atom stereocenters. The van der Waals surface area contributed by atoms with Crippen LogP contribution < -0.4 is 5.73 Å². The summed E-state index contributed by atoms with van der Waals surface area (Å²) in [4.78, 5) is 0. The van der Waals surface area contributed by atoms with Gasteiger partial charge in [0, 0.05) is 6.61 Å². The first kappa shape index (κ1) is 22.8. The summed E-state index contributed by atoms with van der Waals surface area (Å²) < 4.78 is 6.67. The zero-order valence-electron chi connectivity index (χ0n) is 20.5. The van der Waals surface area contributed by atoms with Crippen molar-refractivity contribution in [3.05, 3.63) is 11.1 Å². The third-order valence-corrected chi connectivity index (χ3v) is 10.5. The molecule has 0 spiro atoms. The van der Waals surface area contributed by atoms with Gasteiger partial charge in [-0.1, -0.05) is 65.4 Å². The number of ether oxygens (including phenoxy) is 1. The van der Waals surface area contributed by atoms with Crippen LogP contribution in [-0.2, 0) is 4.74 Å². The van der Waals surface area contributed by atoms with Gasteiger partial charge in [0.1, 0.15) is 0 Å². The molecule has 0 aliphatic heterocycles. The molecule has 0 radical (unpaired) electrons. The average Bonchev–Trinajstić information content (AvgIpc) is 3.07. The fraction of sp³-hybridized carbons (Fsp3) is 0.929. The van der Waals surface area contributed by atoms with Crippen LogP contribution in [0.4, 0.5) is 0 Å². The molecule has 0 aromatic heterocycles. The maximum absolute atomic E-state index is 6.67. The van der Waals surface area contributed by atoms with Gasteiger partial charge in [0.2, 0.25) is 0 Å². The van der Waals surface area contributed by atoms with E-state index in [1.165, 1.54) is 77.0 Å². The van der Waals surface area contributed by atoms with Crippen LogP contribution in [0.5, 0.6) is 0 Å². The zero-order chi connectivity index (χ0) is 21.4. The van der Waals surface area contributed by atoms with Crippen molar-refractivity contribution in [1.29, 1.82) is 0 Å². The molecule has 4 aliphatic rings. The minimum atomic E-state index is 0.383. The fourth-order valence-corrected chi connectivity index (χ4v) is 8.48. The Kier molecular flexibility index (Phi) is 7.05. The molecule has 2 saturated carbocycles. The lowest BCUT2D eigenvalue weighted by Gasteiger charge is -2.58. The minimum Gasteiger partial charge on any atom is -0.374 e. The van der Waals surface area contributed by atoms with Crippen LogP contribution in [0.3, 0.4) is 0 Å². The molecule has 2 N–H and O–H groups in total. The summed E-state index contributed by atoms with van der Waals surface area (Å²) in [6.45, 7) is 11.9. The maximum Gasteiger partial charge on any atom is 0.0793 e. The van der Waals surface area contributed by atoms with E-state index in [4.69, 9.17) is 10.5 Å². The Labute approximate surface area is 186 Å². The molecule has 4 rings (SSSR count). The number of hydrogen-bond donors (Lipinski definition) is 1. The van der Waals surface area contributed by atoms with Gasteiger partial charge in [0.15, 0.2) is 0 Å². The van der Waals surface area contributed by atoms with E-state index < -0.39 is 0 Å². The molecule has 0 bridgehead atoms. The Morgan fingerprint density at radius 1 is 1.07 bits per heavy atom. The Hall–Kier alpha value is -0.340. The molecular weight excluding hydrogens is 366 g/mol. The lowest BCUT2D eigenvalue weighted by molar-refractivity contribution is -0.0259. The van der Waals surface area contributed by atoms with E-state index >= 15 is 0 Å². The quantitative estimate of drug-likeness (QED) is 0.334. The van der Waals surface area contributed by atoms with Crippen LogP contribution in [0.1, 0.15) is 111 Å². The van der Waals surface area contributed by atoms with Crippen molar-refractivity contribution in [2.45, 2.75) is 117 Å². The van der Waals surface area contributed by atoms with Crippen molar-refractivity contribution in [2.75, 3.05) is 13.2 Å². The van der Waals surface area contributed by atoms with Gasteiger partial charge in [-0.2, -0.15) is 0 Å². The number of allylic oxidation sites excluding steroid dienone is 1. The lowest BCUT2D eigenvalue weighted by Crippen LogP contribution is -2.50. The van der Waals surface area contributed by atoms with Crippen molar-refractivity contribution in [3.63, 3.8) is 0 Å². The molecule has 7 atom stereocenters. The van der Waals surface area contributed by atoms with Crippen molar-refractivity contribution in [3.8, 4) is 0 Å². The predicted molar refractivity (Wildman–Crippen MR) is 127 cm³/mol. The van der Waals surface area contributed by atoms with Crippen molar-refractivity contribution in [1.82, 2.24) is 0 Å². The van der Waals surface area contributed by atoms with Gasteiger partial charge < -0.3 is 10.5 Å². The summed E-state index contributed by atoms with van der Waals surface area (Å²) >= 11 is 0. The van der Waals surface area contributed by atoms with Crippen molar-refractivity contribution >= 4 is 0 Å². The average molecular weight is 416 g/mol. The topological polar surface area (TPSA) is 35.2 Å². The molecule has 0 saturated heterocycles. The summed E-state index contributed by atoms with van der Waals surface area (Å²) in [6, 6.07) is 0. The van der Waals surface area contributed by atoms with E-state index in [9.17, 15) is 0 Å². The first-order valence-corrected chi connectivity index (χ1v) is 13.5. The first-order valence-electron chi connectivity index (χ1n) is 13.5. The molecule has 4 aliphatic carbocycles. The highest BCUT2D eigenvalue weighted by Gasteiger charge is 2.59. The monoisotopic (exact) mass is 415 g/mol. The number of hydrogen-bond acceptors (Lipinski definition) is 2. The van der Waals surface area contributed by atoms with Gasteiger partial charge in [0.25, 0.3) is 0 Å². The van der Waals surface area contributed by atoms with Gasteiger partial charge in [-0.05, 0) is 98.0 Å². The van der Waals surface area contributed by atoms with Gasteiger partial charge >= 0.3 is 0 Å². The Balaban J connectivity index is 1.68. The number of rotatable bonds is 8. The molecule has 2 nitrogen and oxygen atoms in total. The highest BCUT2D eigenvalue weighted by molar-refractivity contribution is 5.38. The zero-order valence-corrected chi connectivity index (χ0v) is 20.5. The van der Waals surface area contributed by atoms with Crippen LogP contribution in [0.15, 0.2) is 11.1 Å². The molecule has 0 amide bonds. The molecular formula is C28H49NO. The van der Waals surface area contributed by atoms with Crippen LogP contribution in [0.25, 0.3) is 0 Å². The molecule has 0 heterocycles. The van der Waals surface area contributed by atoms with Crippen LogP contribution in [-0.4, -0.2) is 19.3 Å². The number of fused-ring (bicyclic) bond motifs is 4. The van der Waals surface area contributed by atoms with E-state index in [1.807, 2.05) is 11.1 Å². The van der Waals surface area contributed by atoms with Crippen LogP contribution >= 0.6 is 0 Å². The lowest BCUT2D eigenvalue weighted by atomic mass is 9.48. The summed E-state index contributed by atoms with van der Waals surface area (Å²) in [5, 5.41) is 0. The van der Waals surface area contributed by atoms with Gasteiger partial charge in [-0.25, -0.2) is 0 Å². The van der Waals surface area contributed by atoms with E-state index in [0.29, 0.717) is 16.9 Å². The van der Waals surface area contributed by atoms with Crippen molar-refractivity contribution in [2.24, 2.45) is 40.2 Å². The second-order valence-corrected chi connectivity index (χ2v) is 11.8. The van der Waals surface area contributed by atoms with Gasteiger partial charge in [-0.3, -0.25) is 0 Å². The standard InChI is InChI=1S/C28H49NO/c1-5-6-7-11-21-13-14-23-26-24(18-20(2)28(21,23)4)27(3)15-9-8-12-22(27)19-25(26)30-17-10-16-29/h20-23,25H,5-19,29H2,1-4H3/t20-,21?,22?,23?,25+,27-,28+/m0/s1. The summed E-state index contributed by atoms with van der Waals surface area (Å²) in [5.74, 6) is 3.34. The fourth-order valence-electron chi connectivity index (χ4n) is 8.48. The minimum absolute atomic E-state index is 0.383. The maximum atomic E-state index is 6.67. The SMILES string of the molecule is CCCCCC1CCC2C3=C(C[C@H](C)[C@]12C)[C@@]1(C)CCCCC1C[C@H]3OCCCN. The second-order valence-electron chi connectivity index (χ2n) is 11.8. The molecule has 30 heavy (non-hydrogen) atoms. The number of unbranched alkanes of at least 4 members (excludes halogenated alkanes) is 2. The third-order valence-electron chi connectivity index (χ3n) is 10.5. The van der Waals surface area contributed by atoms with Gasteiger partial charge in [0.05, 0.1) is 6.10 Å². The predicted octanol–water partition coefficient (Wildman–Crippen LogP) is 7.27. The Morgan fingerprint density at radius 3 is 2.67 bits per heavy atom. The summed E-state index contributed by atoms with van der Waals surface area (Å²) in [7, 11) is 0. The Bertz CT molecular complexity index is 626. The molecule has 172 valence electrons. The molecule has 2 fully saturated rings. The van der Waals surface area contributed by atoms with Gasteiger partial charge in [-0.15, -0.1) is 0 Å². The third kappa shape index (κ3) is 3.72.